The van der Waals surface area contributed by atoms with Crippen molar-refractivity contribution in [3.63, 3.8) is 0 Å². The van der Waals surface area contributed by atoms with Crippen molar-refractivity contribution in [2.45, 2.75) is 20.3 Å². The Bertz CT molecular complexity index is 1000. The lowest BCUT2D eigenvalue weighted by molar-refractivity contribution is 0.217. The minimum Gasteiger partial charge on any atom is -0.490 e. The van der Waals surface area contributed by atoms with Crippen LogP contribution in [0.3, 0.4) is 0 Å². The smallest absolute Gasteiger partial charge is 0.339 e. The second-order valence-electron chi connectivity index (χ2n) is 6.96. The Balaban J connectivity index is 1.39. The van der Waals surface area contributed by atoms with Gasteiger partial charge in [-0.3, -0.25) is 0 Å². The fourth-order valence-corrected chi connectivity index (χ4v) is 2.93. The molecule has 0 radical (unpaired) electrons. The molecule has 0 saturated carbocycles. The van der Waals surface area contributed by atoms with E-state index in [0.29, 0.717) is 18.9 Å². The molecule has 0 aliphatic heterocycles. The van der Waals surface area contributed by atoms with E-state index in [1.54, 1.807) is 18.3 Å². The highest BCUT2D eigenvalue weighted by atomic mass is 16.5. The normalized spacial score (nSPS) is 10.6. The van der Waals surface area contributed by atoms with E-state index in [4.69, 9.17) is 9.47 Å². The maximum absolute atomic E-state index is 11.8. The molecule has 3 aromatic carbocycles. The summed E-state index contributed by atoms with van der Waals surface area (Å²) in [5.74, 6) is 1.62. The summed E-state index contributed by atoms with van der Waals surface area (Å²) < 4.78 is 11.5. The number of para-hydroxylation sites is 1. The van der Waals surface area contributed by atoms with Crippen molar-refractivity contribution in [2.75, 3.05) is 18.5 Å². The fourth-order valence-electron chi connectivity index (χ4n) is 2.93. The zero-order chi connectivity index (χ0) is 21.9. The number of hydrogen-bond acceptors (Lipinski definition) is 4. The van der Waals surface area contributed by atoms with Crippen molar-refractivity contribution in [2.24, 2.45) is 5.10 Å². The molecule has 0 atom stereocenters. The molecule has 6 heteroatoms. The third-order valence-electron chi connectivity index (χ3n) is 4.43. The quantitative estimate of drug-likeness (QED) is 0.287. The molecular weight excluding hydrogens is 390 g/mol. The molecule has 0 fully saturated rings. The maximum atomic E-state index is 11.8. The monoisotopic (exact) mass is 417 g/mol. The van der Waals surface area contributed by atoms with Crippen LogP contribution >= 0.6 is 0 Å². The van der Waals surface area contributed by atoms with Gasteiger partial charge in [0.15, 0.2) is 0 Å². The minimum atomic E-state index is -0.401. The second kappa shape index (κ2) is 11.4. The number of benzene rings is 3. The van der Waals surface area contributed by atoms with Crippen molar-refractivity contribution < 1.29 is 14.3 Å². The van der Waals surface area contributed by atoms with Gasteiger partial charge in [0.25, 0.3) is 0 Å². The number of carbonyl (C=O) groups excluding carboxylic acids is 1. The van der Waals surface area contributed by atoms with Crippen LogP contribution in [0.2, 0.25) is 0 Å². The van der Waals surface area contributed by atoms with E-state index in [2.05, 4.69) is 41.8 Å². The highest BCUT2D eigenvalue weighted by molar-refractivity contribution is 5.90. The zero-order valence-electron chi connectivity index (χ0n) is 17.8. The molecule has 2 amide bonds. The Morgan fingerprint density at radius 2 is 1.65 bits per heavy atom. The summed E-state index contributed by atoms with van der Waals surface area (Å²) in [7, 11) is 0. The average Bonchev–Trinajstić information content (AvgIpc) is 2.78. The molecule has 6 nitrogen and oxygen atoms in total. The Labute approximate surface area is 182 Å². The molecule has 0 heterocycles. The van der Waals surface area contributed by atoms with Gasteiger partial charge in [-0.25, -0.2) is 10.2 Å². The van der Waals surface area contributed by atoms with Crippen LogP contribution in [0.5, 0.6) is 11.5 Å². The molecule has 31 heavy (non-hydrogen) atoms. The number of nitrogens with one attached hydrogen (secondary N) is 2. The van der Waals surface area contributed by atoms with E-state index in [1.165, 1.54) is 11.1 Å². The van der Waals surface area contributed by atoms with Crippen molar-refractivity contribution in [3.05, 3.63) is 89.5 Å². The molecule has 0 spiro atoms. The third-order valence-corrected chi connectivity index (χ3v) is 4.43. The number of rotatable bonds is 9. The molecule has 0 aliphatic carbocycles. The lowest BCUT2D eigenvalue weighted by Crippen LogP contribution is -2.24. The Morgan fingerprint density at radius 3 is 2.35 bits per heavy atom. The van der Waals surface area contributed by atoms with Gasteiger partial charge in [0, 0.05) is 5.69 Å². The highest BCUT2D eigenvalue weighted by Crippen LogP contribution is 2.17. The number of nitrogens with zero attached hydrogens (tertiary/aromatic N) is 1. The first-order valence-electron chi connectivity index (χ1n) is 10.2. The van der Waals surface area contributed by atoms with Crippen LogP contribution in [0, 0.1) is 6.92 Å². The predicted octanol–water partition coefficient (Wildman–Crippen LogP) is 5.17. The summed E-state index contributed by atoms with van der Waals surface area (Å²) >= 11 is 0. The van der Waals surface area contributed by atoms with Crippen LogP contribution < -0.4 is 20.2 Å². The molecule has 3 rings (SSSR count). The Morgan fingerprint density at radius 1 is 0.935 bits per heavy atom. The van der Waals surface area contributed by atoms with E-state index in [-0.39, 0.29) is 0 Å². The van der Waals surface area contributed by atoms with Crippen LogP contribution in [0.25, 0.3) is 0 Å². The highest BCUT2D eigenvalue weighted by Gasteiger charge is 2.01. The van der Waals surface area contributed by atoms with Crippen molar-refractivity contribution >= 4 is 17.9 Å². The second-order valence-corrected chi connectivity index (χ2v) is 6.96. The number of anilines is 1. The number of urea groups is 1. The van der Waals surface area contributed by atoms with Crippen molar-refractivity contribution in [1.82, 2.24) is 5.43 Å². The van der Waals surface area contributed by atoms with Crippen LogP contribution in [0.1, 0.15) is 23.6 Å². The summed E-state index contributed by atoms with van der Waals surface area (Å²) in [6.45, 7) is 5.12. The lowest BCUT2D eigenvalue weighted by atomic mass is 10.1. The first-order chi connectivity index (χ1) is 15.1. The van der Waals surface area contributed by atoms with Gasteiger partial charge >= 0.3 is 6.03 Å². The third kappa shape index (κ3) is 7.51. The molecule has 2 N–H and O–H groups in total. The van der Waals surface area contributed by atoms with Crippen LogP contribution in [0.4, 0.5) is 10.5 Å². The van der Waals surface area contributed by atoms with Gasteiger partial charge in [0.05, 0.1) is 6.21 Å². The van der Waals surface area contributed by atoms with Gasteiger partial charge < -0.3 is 14.8 Å². The summed E-state index contributed by atoms with van der Waals surface area (Å²) in [5, 5.41) is 6.64. The average molecular weight is 418 g/mol. The maximum Gasteiger partial charge on any atom is 0.339 e. The fraction of sp³-hybridized carbons (Fsp3) is 0.200. The number of amides is 2. The number of carbonyl (C=O) groups is 1. The number of hydrazone groups is 1. The first-order valence-corrected chi connectivity index (χ1v) is 10.2. The van der Waals surface area contributed by atoms with Crippen LogP contribution in [-0.4, -0.2) is 25.5 Å². The number of ether oxygens (including phenoxy) is 2. The van der Waals surface area contributed by atoms with E-state index in [1.807, 2.05) is 48.5 Å². The molecule has 0 aromatic heterocycles. The molecular formula is C25H27N3O3. The topological polar surface area (TPSA) is 72.0 Å². The van der Waals surface area contributed by atoms with E-state index < -0.39 is 6.03 Å². The summed E-state index contributed by atoms with van der Waals surface area (Å²) in [6, 6.07) is 22.5. The number of aryl methyl sites for hydroxylation is 2. The minimum absolute atomic E-state index is 0.401. The molecule has 0 aliphatic rings. The largest absolute Gasteiger partial charge is 0.490 e. The molecule has 0 saturated heterocycles. The Hall–Kier alpha value is -3.80. The zero-order valence-corrected chi connectivity index (χ0v) is 17.8. The van der Waals surface area contributed by atoms with Gasteiger partial charge in [0.2, 0.25) is 0 Å². The van der Waals surface area contributed by atoms with Gasteiger partial charge in [-0.2, -0.15) is 5.10 Å². The van der Waals surface area contributed by atoms with Gasteiger partial charge in [0.1, 0.15) is 24.7 Å². The van der Waals surface area contributed by atoms with Crippen LogP contribution in [0.15, 0.2) is 77.9 Å². The standard InChI is InChI=1S/C25H27N3O3/c1-3-20-15-19(2)16-24(17-20)31-14-13-30-23-11-9-21(10-12-23)18-26-28-25(29)27-22-7-5-4-6-8-22/h4-12,15-18H,3,13-14H2,1-2H3,(H2,27,28,29)/b26-18+. The van der Waals surface area contributed by atoms with E-state index in [9.17, 15) is 4.79 Å². The summed E-state index contributed by atoms with van der Waals surface area (Å²) in [6.07, 6.45) is 2.55. The molecule has 3 aromatic rings. The van der Waals surface area contributed by atoms with E-state index >= 15 is 0 Å². The number of hydrogen-bond donors (Lipinski definition) is 2. The summed E-state index contributed by atoms with van der Waals surface area (Å²) in [4.78, 5) is 11.8. The van der Waals surface area contributed by atoms with Gasteiger partial charge in [-0.15, -0.1) is 0 Å². The SMILES string of the molecule is CCc1cc(C)cc(OCCOc2ccc(/C=N/NC(=O)Nc3ccccc3)cc2)c1. The summed E-state index contributed by atoms with van der Waals surface area (Å²) in [5.41, 5.74) is 6.44. The van der Waals surface area contributed by atoms with Crippen molar-refractivity contribution in [1.29, 1.82) is 0 Å². The van der Waals surface area contributed by atoms with Gasteiger partial charge in [-0.1, -0.05) is 31.2 Å². The van der Waals surface area contributed by atoms with Crippen molar-refractivity contribution in [3.8, 4) is 11.5 Å². The Kier molecular flexibility index (Phi) is 8.05. The van der Waals surface area contributed by atoms with Gasteiger partial charge in [-0.05, 0) is 78.6 Å². The molecule has 0 bridgehead atoms. The van der Waals surface area contributed by atoms with E-state index in [0.717, 1.165) is 23.5 Å². The molecule has 160 valence electrons. The molecule has 0 unspecified atom stereocenters. The lowest BCUT2D eigenvalue weighted by Gasteiger charge is -2.10. The predicted molar refractivity (Wildman–Crippen MR) is 124 cm³/mol. The first kappa shape index (κ1) is 21.9. The van der Waals surface area contributed by atoms with Crippen LogP contribution in [-0.2, 0) is 6.42 Å².